The van der Waals surface area contributed by atoms with E-state index in [0.29, 0.717) is 37.6 Å². The topological polar surface area (TPSA) is 68.2 Å². The highest BCUT2D eigenvalue weighted by molar-refractivity contribution is 6.58. The zero-order valence-corrected chi connectivity index (χ0v) is 11.2. The molecule has 0 bridgehead atoms. The summed E-state index contributed by atoms with van der Waals surface area (Å²) in [6.07, 6.45) is 1.02. The van der Waals surface area contributed by atoms with Gasteiger partial charge in [0, 0.05) is 6.61 Å². The Balaban J connectivity index is 2.06. The van der Waals surface area contributed by atoms with Crippen LogP contribution in [-0.4, -0.2) is 50.2 Å². The molecule has 19 heavy (non-hydrogen) atoms. The first-order chi connectivity index (χ1) is 9.24. The second kappa shape index (κ2) is 9.80. The van der Waals surface area contributed by atoms with E-state index in [4.69, 9.17) is 24.3 Å². The predicted octanol–water partition coefficient (Wildman–Crippen LogP) is 0.188. The third-order valence-electron chi connectivity index (χ3n) is 2.40. The average Bonchev–Trinajstić information content (AvgIpc) is 2.42. The normalized spacial score (nSPS) is 10.5. The molecule has 0 atom stereocenters. The van der Waals surface area contributed by atoms with Gasteiger partial charge in [0.25, 0.3) is 0 Å². The van der Waals surface area contributed by atoms with Crippen molar-refractivity contribution in [2.24, 2.45) is 0 Å². The van der Waals surface area contributed by atoms with Gasteiger partial charge in [-0.05, 0) is 24.0 Å². The summed E-state index contributed by atoms with van der Waals surface area (Å²) in [4.78, 5) is 0. The Hall–Kier alpha value is -1.08. The Labute approximate surface area is 114 Å². The Bertz CT molecular complexity index is 328. The Morgan fingerprint density at radius 3 is 2.05 bits per heavy atom. The molecule has 0 fully saturated rings. The van der Waals surface area contributed by atoms with Gasteiger partial charge < -0.3 is 24.3 Å². The monoisotopic (exact) mass is 268 g/mol. The molecule has 0 unspecified atom stereocenters. The number of benzene rings is 1. The van der Waals surface area contributed by atoms with E-state index in [0.717, 1.165) is 13.0 Å². The maximum absolute atomic E-state index is 8.93. The maximum Gasteiger partial charge on any atom is 0.488 e. The zero-order chi connectivity index (χ0) is 13.9. The minimum absolute atomic E-state index is 0.441. The SMILES string of the molecule is CCCOCCOCCOc1ccc(B(O)O)cc1. The standard InChI is InChI=1S/C13H21BO5/c1-2-7-17-8-9-18-10-11-19-13-5-3-12(4-6-13)14(15)16/h3-6,15-16H,2,7-11H2,1H3. The summed E-state index contributed by atoms with van der Waals surface area (Å²) in [6.45, 7) is 4.96. The fourth-order valence-corrected chi connectivity index (χ4v) is 1.42. The molecule has 0 aliphatic heterocycles. The van der Waals surface area contributed by atoms with Crippen LogP contribution in [0.4, 0.5) is 0 Å². The summed E-state index contributed by atoms with van der Waals surface area (Å²) >= 11 is 0. The highest BCUT2D eigenvalue weighted by atomic mass is 16.5. The van der Waals surface area contributed by atoms with Gasteiger partial charge in [0.15, 0.2) is 0 Å². The third kappa shape index (κ3) is 7.17. The Morgan fingerprint density at radius 2 is 1.47 bits per heavy atom. The summed E-state index contributed by atoms with van der Waals surface area (Å²) in [5.41, 5.74) is 0.441. The molecular weight excluding hydrogens is 247 g/mol. The maximum atomic E-state index is 8.93. The van der Waals surface area contributed by atoms with Crippen LogP contribution in [0.2, 0.25) is 0 Å². The smallest absolute Gasteiger partial charge is 0.488 e. The van der Waals surface area contributed by atoms with Crippen LogP contribution in [0.3, 0.4) is 0 Å². The minimum Gasteiger partial charge on any atom is -0.491 e. The lowest BCUT2D eigenvalue weighted by atomic mass is 9.80. The van der Waals surface area contributed by atoms with Crippen molar-refractivity contribution in [3.8, 4) is 5.75 Å². The molecule has 0 saturated heterocycles. The van der Waals surface area contributed by atoms with Crippen molar-refractivity contribution in [2.75, 3.05) is 33.0 Å². The van der Waals surface area contributed by atoms with Crippen LogP contribution in [0.15, 0.2) is 24.3 Å². The van der Waals surface area contributed by atoms with Crippen LogP contribution in [0.5, 0.6) is 5.75 Å². The molecule has 0 spiro atoms. The highest BCUT2D eigenvalue weighted by Gasteiger charge is 2.09. The van der Waals surface area contributed by atoms with Crippen molar-refractivity contribution in [2.45, 2.75) is 13.3 Å². The lowest BCUT2D eigenvalue weighted by Gasteiger charge is -2.08. The van der Waals surface area contributed by atoms with Crippen LogP contribution in [0.1, 0.15) is 13.3 Å². The highest BCUT2D eigenvalue weighted by Crippen LogP contribution is 2.07. The fourth-order valence-electron chi connectivity index (χ4n) is 1.42. The van der Waals surface area contributed by atoms with E-state index >= 15 is 0 Å². The third-order valence-corrected chi connectivity index (χ3v) is 2.40. The van der Waals surface area contributed by atoms with Crippen LogP contribution >= 0.6 is 0 Å². The van der Waals surface area contributed by atoms with Crippen molar-refractivity contribution >= 4 is 12.6 Å². The van der Waals surface area contributed by atoms with E-state index in [1.807, 2.05) is 0 Å². The lowest BCUT2D eigenvalue weighted by Crippen LogP contribution is -2.29. The lowest BCUT2D eigenvalue weighted by molar-refractivity contribution is 0.0366. The molecule has 1 rings (SSSR count). The molecule has 5 nitrogen and oxygen atoms in total. The van der Waals surface area contributed by atoms with Gasteiger partial charge in [-0.1, -0.05) is 19.1 Å². The molecule has 2 N–H and O–H groups in total. The van der Waals surface area contributed by atoms with E-state index in [1.54, 1.807) is 24.3 Å². The molecule has 0 aliphatic carbocycles. The van der Waals surface area contributed by atoms with Gasteiger partial charge in [-0.15, -0.1) is 0 Å². The number of rotatable bonds is 10. The first kappa shape index (κ1) is 16.0. The minimum atomic E-state index is -1.44. The predicted molar refractivity (Wildman–Crippen MR) is 73.7 cm³/mol. The van der Waals surface area contributed by atoms with Crippen molar-refractivity contribution < 1.29 is 24.3 Å². The number of hydrogen-bond acceptors (Lipinski definition) is 5. The van der Waals surface area contributed by atoms with Crippen LogP contribution in [-0.2, 0) is 9.47 Å². The van der Waals surface area contributed by atoms with Gasteiger partial charge in [0.1, 0.15) is 12.4 Å². The molecule has 0 heterocycles. The summed E-state index contributed by atoms with van der Waals surface area (Å²) in [5, 5.41) is 17.9. The van der Waals surface area contributed by atoms with Crippen LogP contribution in [0.25, 0.3) is 0 Å². The van der Waals surface area contributed by atoms with Crippen LogP contribution < -0.4 is 10.2 Å². The van der Waals surface area contributed by atoms with Gasteiger partial charge in [-0.3, -0.25) is 0 Å². The summed E-state index contributed by atoms with van der Waals surface area (Å²) < 4.78 is 16.0. The number of hydrogen-bond donors (Lipinski definition) is 2. The van der Waals surface area contributed by atoms with Gasteiger partial charge in [0.2, 0.25) is 0 Å². The second-order valence-electron chi connectivity index (χ2n) is 4.02. The van der Waals surface area contributed by atoms with Crippen LogP contribution in [0, 0.1) is 0 Å². The Morgan fingerprint density at radius 1 is 0.895 bits per heavy atom. The molecule has 0 saturated carbocycles. The summed E-state index contributed by atoms with van der Waals surface area (Å²) in [6, 6.07) is 6.61. The van der Waals surface area contributed by atoms with Crippen molar-refractivity contribution in [1.82, 2.24) is 0 Å². The van der Waals surface area contributed by atoms with E-state index in [1.165, 1.54) is 0 Å². The van der Waals surface area contributed by atoms with Gasteiger partial charge in [-0.25, -0.2) is 0 Å². The van der Waals surface area contributed by atoms with Crippen molar-refractivity contribution in [3.63, 3.8) is 0 Å². The molecule has 0 aromatic heterocycles. The molecule has 106 valence electrons. The quantitative estimate of drug-likeness (QED) is 0.468. The van der Waals surface area contributed by atoms with Crippen molar-refractivity contribution in [3.05, 3.63) is 24.3 Å². The van der Waals surface area contributed by atoms with E-state index in [2.05, 4.69) is 6.92 Å². The van der Waals surface area contributed by atoms with Gasteiger partial charge in [-0.2, -0.15) is 0 Å². The summed E-state index contributed by atoms with van der Waals surface area (Å²) in [5.74, 6) is 0.676. The first-order valence-corrected chi connectivity index (χ1v) is 6.48. The van der Waals surface area contributed by atoms with Gasteiger partial charge in [0.05, 0.1) is 19.8 Å². The molecule has 0 aliphatic rings. The first-order valence-electron chi connectivity index (χ1n) is 6.48. The van der Waals surface area contributed by atoms with E-state index in [-0.39, 0.29) is 0 Å². The average molecular weight is 268 g/mol. The number of ether oxygens (including phenoxy) is 3. The summed E-state index contributed by atoms with van der Waals surface area (Å²) in [7, 11) is -1.44. The molecule has 1 aromatic rings. The molecule has 0 radical (unpaired) electrons. The second-order valence-corrected chi connectivity index (χ2v) is 4.02. The van der Waals surface area contributed by atoms with Gasteiger partial charge >= 0.3 is 7.12 Å². The molecular formula is C13H21BO5. The van der Waals surface area contributed by atoms with Crippen molar-refractivity contribution in [1.29, 1.82) is 0 Å². The Kier molecular flexibility index (Phi) is 8.25. The molecule has 6 heteroatoms. The molecule has 1 aromatic carbocycles. The largest absolute Gasteiger partial charge is 0.491 e. The van der Waals surface area contributed by atoms with E-state index < -0.39 is 7.12 Å². The fraction of sp³-hybridized carbons (Fsp3) is 0.538. The van der Waals surface area contributed by atoms with E-state index in [9.17, 15) is 0 Å². The molecule has 0 amide bonds. The zero-order valence-electron chi connectivity index (χ0n) is 11.2.